The zero-order chi connectivity index (χ0) is 15.5. The minimum absolute atomic E-state index is 0.0132. The smallest absolute Gasteiger partial charge is 0.273 e. The molecular weight excluding hydrogens is 296 g/mol. The van der Waals surface area contributed by atoms with Crippen molar-refractivity contribution in [3.8, 4) is 10.6 Å². The predicted molar refractivity (Wildman–Crippen MR) is 88.4 cm³/mol. The Morgan fingerprint density at radius 2 is 1.77 bits per heavy atom. The number of benzene rings is 1. The van der Waals surface area contributed by atoms with Crippen molar-refractivity contribution in [1.82, 2.24) is 14.8 Å². The Balaban J connectivity index is 1.69. The van der Waals surface area contributed by atoms with Gasteiger partial charge in [0.15, 0.2) is 0 Å². The molecule has 1 N–H and O–H groups in total. The van der Waals surface area contributed by atoms with E-state index in [1.165, 1.54) is 11.3 Å². The SMILES string of the molecule is CC(=N)N1CCN(C(=O)c2csc(-c3ccccc3)n2)CC1. The number of hydrogen-bond acceptors (Lipinski definition) is 4. The van der Waals surface area contributed by atoms with E-state index in [1.54, 1.807) is 6.92 Å². The summed E-state index contributed by atoms with van der Waals surface area (Å²) >= 11 is 1.50. The highest BCUT2D eigenvalue weighted by Gasteiger charge is 2.24. The average Bonchev–Trinajstić information content (AvgIpc) is 3.05. The number of thiazole rings is 1. The molecule has 0 spiro atoms. The minimum Gasteiger partial charge on any atom is -0.357 e. The number of nitrogens with zero attached hydrogens (tertiary/aromatic N) is 3. The molecule has 5 nitrogen and oxygen atoms in total. The lowest BCUT2D eigenvalue weighted by Crippen LogP contribution is -2.50. The monoisotopic (exact) mass is 314 g/mol. The zero-order valence-electron chi connectivity index (χ0n) is 12.5. The van der Waals surface area contributed by atoms with Gasteiger partial charge in [0.25, 0.3) is 5.91 Å². The second-order valence-electron chi connectivity index (χ2n) is 5.27. The van der Waals surface area contributed by atoms with Crippen molar-refractivity contribution in [3.63, 3.8) is 0 Å². The normalized spacial score (nSPS) is 15.0. The summed E-state index contributed by atoms with van der Waals surface area (Å²) in [5, 5.41) is 10.3. The molecule has 1 amide bonds. The van der Waals surface area contributed by atoms with Crippen molar-refractivity contribution in [2.75, 3.05) is 26.2 Å². The lowest BCUT2D eigenvalue weighted by Gasteiger charge is -2.35. The fourth-order valence-corrected chi connectivity index (χ4v) is 3.29. The van der Waals surface area contributed by atoms with Crippen molar-refractivity contribution in [2.24, 2.45) is 0 Å². The molecular formula is C16H18N4OS. The van der Waals surface area contributed by atoms with Gasteiger partial charge < -0.3 is 9.80 Å². The Hall–Kier alpha value is -2.21. The second-order valence-corrected chi connectivity index (χ2v) is 6.13. The third kappa shape index (κ3) is 3.01. The number of amides is 1. The fourth-order valence-electron chi connectivity index (χ4n) is 2.49. The summed E-state index contributed by atoms with van der Waals surface area (Å²) in [5.41, 5.74) is 1.56. The molecule has 0 unspecified atom stereocenters. The maximum atomic E-state index is 12.5. The van der Waals surface area contributed by atoms with Gasteiger partial charge in [-0.3, -0.25) is 10.2 Å². The van der Waals surface area contributed by atoms with Crippen molar-refractivity contribution < 1.29 is 4.79 Å². The van der Waals surface area contributed by atoms with Crippen LogP contribution in [0.15, 0.2) is 35.7 Å². The summed E-state index contributed by atoms with van der Waals surface area (Å²) in [6.45, 7) is 4.51. The Morgan fingerprint density at radius 3 is 2.41 bits per heavy atom. The van der Waals surface area contributed by atoms with Gasteiger partial charge in [0.2, 0.25) is 0 Å². The summed E-state index contributed by atoms with van der Waals surface area (Å²) < 4.78 is 0. The van der Waals surface area contributed by atoms with Gasteiger partial charge in [-0.2, -0.15) is 0 Å². The van der Waals surface area contributed by atoms with Gasteiger partial charge in [-0.25, -0.2) is 4.98 Å². The zero-order valence-corrected chi connectivity index (χ0v) is 13.3. The van der Waals surface area contributed by atoms with E-state index in [2.05, 4.69) is 4.98 Å². The van der Waals surface area contributed by atoms with Gasteiger partial charge in [0, 0.05) is 37.1 Å². The molecule has 1 fully saturated rings. The third-order valence-corrected chi connectivity index (χ3v) is 4.68. The Labute approximate surface area is 133 Å². The lowest BCUT2D eigenvalue weighted by atomic mass is 10.2. The highest BCUT2D eigenvalue weighted by molar-refractivity contribution is 7.13. The summed E-state index contributed by atoms with van der Waals surface area (Å²) in [6, 6.07) is 9.90. The van der Waals surface area contributed by atoms with E-state index in [0.717, 1.165) is 23.7 Å². The molecule has 0 bridgehead atoms. The van der Waals surface area contributed by atoms with Gasteiger partial charge in [0.05, 0.1) is 5.84 Å². The van der Waals surface area contributed by atoms with Gasteiger partial charge in [-0.1, -0.05) is 30.3 Å². The molecule has 114 valence electrons. The van der Waals surface area contributed by atoms with Crippen molar-refractivity contribution in [1.29, 1.82) is 5.41 Å². The fraction of sp³-hybridized carbons (Fsp3) is 0.312. The summed E-state index contributed by atoms with van der Waals surface area (Å²) in [6.07, 6.45) is 0. The molecule has 1 saturated heterocycles. The number of amidine groups is 1. The van der Waals surface area contributed by atoms with E-state index >= 15 is 0 Å². The summed E-state index contributed by atoms with van der Waals surface area (Å²) in [4.78, 5) is 20.8. The van der Waals surface area contributed by atoms with Gasteiger partial charge in [-0.15, -0.1) is 11.3 Å². The van der Waals surface area contributed by atoms with E-state index in [1.807, 2.05) is 45.5 Å². The highest BCUT2D eigenvalue weighted by atomic mass is 32.1. The molecule has 22 heavy (non-hydrogen) atoms. The number of rotatable bonds is 2. The van der Waals surface area contributed by atoms with Crippen LogP contribution in [0.1, 0.15) is 17.4 Å². The van der Waals surface area contributed by atoms with E-state index in [0.29, 0.717) is 24.6 Å². The first kappa shape index (κ1) is 14.7. The number of nitrogens with one attached hydrogen (secondary N) is 1. The van der Waals surface area contributed by atoms with Crippen LogP contribution >= 0.6 is 11.3 Å². The van der Waals surface area contributed by atoms with Crippen LogP contribution in [-0.4, -0.2) is 52.7 Å². The van der Waals surface area contributed by atoms with Gasteiger partial charge in [0.1, 0.15) is 10.7 Å². The molecule has 3 rings (SSSR count). The van der Waals surface area contributed by atoms with Crippen LogP contribution in [0.4, 0.5) is 0 Å². The quantitative estimate of drug-likeness (QED) is 0.684. The predicted octanol–water partition coefficient (Wildman–Crippen LogP) is 2.57. The second kappa shape index (κ2) is 6.27. The first-order chi connectivity index (χ1) is 10.6. The Bertz CT molecular complexity index is 674. The molecule has 1 aromatic carbocycles. The van der Waals surface area contributed by atoms with Crippen molar-refractivity contribution in [2.45, 2.75) is 6.92 Å². The van der Waals surface area contributed by atoms with E-state index in [-0.39, 0.29) is 5.91 Å². The summed E-state index contributed by atoms with van der Waals surface area (Å²) in [5.74, 6) is 0.549. The van der Waals surface area contributed by atoms with Gasteiger partial charge in [-0.05, 0) is 6.92 Å². The standard InChI is InChI=1S/C16H18N4OS/c1-12(17)19-7-9-20(10-8-19)16(21)14-11-22-15(18-14)13-5-3-2-4-6-13/h2-6,11,17H,7-10H2,1H3. The molecule has 1 aliphatic rings. The van der Waals surface area contributed by atoms with E-state index < -0.39 is 0 Å². The number of piperazine rings is 1. The molecule has 2 aromatic rings. The van der Waals surface area contributed by atoms with Crippen LogP contribution < -0.4 is 0 Å². The molecule has 1 aromatic heterocycles. The van der Waals surface area contributed by atoms with Crippen LogP contribution in [-0.2, 0) is 0 Å². The lowest BCUT2D eigenvalue weighted by molar-refractivity contribution is 0.0686. The van der Waals surface area contributed by atoms with Crippen LogP contribution in [0, 0.1) is 5.41 Å². The molecule has 1 aliphatic heterocycles. The highest BCUT2D eigenvalue weighted by Crippen LogP contribution is 2.24. The first-order valence-electron chi connectivity index (χ1n) is 7.25. The largest absolute Gasteiger partial charge is 0.357 e. The minimum atomic E-state index is -0.0132. The topological polar surface area (TPSA) is 60.3 Å². The average molecular weight is 314 g/mol. The molecule has 2 heterocycles. The van der Waals surface area contributed by atoms with E-state index in [4.69, 9.17) is 5.41 Å². The number of carbonyl (C=O) groups excluding carboxylic acids is 1. The van der Waals surface area contributed by atoms with E-state index in [9.17, 15) is 4.79 Å². The van der Waals surface area contributed by atoms with Crippen LogP contribution in [0.5, 0.6) is 0 Å². The molecule has 0 radical (unpaired) electrons. The summed E-state index contributed by atoms with van der Waals surface area (Å²) in [7, 11) is 0. The maximum Gasteiger partial charge on any atom is 0.273 e. The maximum absolute atomic E-state index is 12.5. The molecule has 0 atom stereocenters. The Morgan fingerprint density at radius 1 is 1.14 bits per heavy atom. The Kier molecular flexibility index (Phi) is 4.20. The first-order valence-corrected chi connectivity index (χ1v) is 8.13. The van der Waals surface area contributed by atoms with Crippen LogP contribution in [0.2, 0.25) is 0 Å². The number of aromatic nitrogens is 1. The molecule has 6 heteroatoms. The molecule has 0 saturated carbocycles. The van der Waals surface area contributed by atoms with Crippen LogP contribution in [0.3, 0.4) is 0 Å². The van der Waals surface area contributed by atoms with Crippen molar-refractivity contribution >= 4 is 23.1 Å². The third-order valence-electron chi connectivity index (χ3n) is 3.79. The van der Waals surface area contributed by atoms with Gasteiger partial charge >= 0.3 is 0 Å². The number of carbonyl (C=O) groups is 1. The number of hydrogen-bond donors (Lipinski definition) is 1. The molecule has 0 aliphatic carbocycles. The van der Waals surface area contributed by atoms with Crippen LogP contribution in [0.25, 0.3) is 10.6 Å². The van der Waals surface area contributed by atoms with Crippen molar-refractivity contribution in [3.05, 3.63) is 41.4 Å².